The third-order valence-electron chi connectivity index (χ3n) is 3.54. The summed E-state index contributed by atoms with van der Waals surface area (Å²) in [4.78, 5) is 20.9. The molecular weight excluding hydrogens is 164 g/mol. The van der Waals surface area contributed by atoms with E-state index in [1.807, 2.05) is 0 Å². The molecule has 0 heterocycles. The van der Waals surface area contributed by atoms with E-state index in [2.05, 4.69) is 12.2 Å². The topological polar surface area (TPSA) is 34.1 Å². The van der Waals surface area contributed by atoms with Crippen LogP contribution >= 0.6 is 0 Å². The van der Waals surface area contributed by atoms with Crippen LogP contribution in [-0.4, -0.2) is 12.6 Å². The molecule has 1 fully saturated rings. The maximum atomic E-state index is 10.5. The molecule has 2 aliphatic rings. The van der Waals surface area contributed by atoms with E-state index in [1.54, 1.807) is 0 Å². The number of fused-ring (bicyclic) bond motifs is 2. The molecule has 70 valence electrons. The quantitative estimate of drug-likeness (QED) is 0.484. The maximum absolute atomic E-state index is 10.5. The van der Waals surface area contributed by atoms with E-state index in [9.17, 15) is 9.59 Å². The third kappa shape index (κ3) is 1.34. The summed E-state index contributed by atoms with van der Waals surface area (Å²) in [6.07, 6.45) is 8.86. The number of allylic oxidation sites excluding steroid dienone is 2. The highest BCUT2D eigenvalue weighted by Crippen LogP contribution is 2.50. The number of hydrogen-bond donors (Lipinski definition) is 0. The predicted octanol–water partition coefficient (Wildman–Crippen LogP) is 1.60. The van der Waals surface area contributed by atoms with E-state index < -0.39 is 0 Å². The fourth-order valence-corrected chi connectivity index (χ4v) is 2.95. The first-order valence-electron chi connectivity index (χ1n) is 4.92. The molecule has 0 aliphatic heterocycles. The molecular formula is C11H14O2. The van der Waals surface area contributed by atoms with Crippen molar-refractivity contribution in [1.82, 2.24) is 0 Å². The van der Waals surface area contributed by atoms with Crippen LogP contribution in [0, 0.1) is 23.7 Å². The average Bonchev–Trinajstić information content (AvgIpc) is 2.69. The molecule has 0 radical (unpaired) electrons. The van der Waals surface area contributed by atoms with Crippen LogP contribution in [0.15, 0.2) is 12.2 Å². The second kappa shape index (κ2) is 3.44. The Bertz CT molecular complexity index is 220. The maximum Gasteiger partial charge on any atom is 0.120 e. The first-order valence-corrected chi connectivity index (χ1v) is 4.92. The zero-order valence-corrected chi connectivity index (χ0v) is 7.56. The fourth-order valence-electron chi connectivity index (χ4n) is 2.95. The van der Waals surface area contributed by atoms with Crippen molar-refractivity contribution in [3.05, 3.63) is 12.2 Å². The molecule has 4 atom stereocenters. The van der Waals surface area contributed by atoms with Crippen LogP contribution in [0.3, 0.4) is 0 Å². The molecule has 0 aromatic rings. The summed E-state index contributed by atoms with van der Waals surface area (Å²) in [6, 6.07) is 0. The largest absolute Gasteiger partial charge is 0.303 e. The van der Waals surface area contributed by atoms with E-state index in [-0.39, 0.29) is 0 Å². The van der Waals surface area contributed by atoms with E-state index in [1.165, 1.54) is 0 Å². The average molecular weight is 178 g/mol. The van der Waals surface area contributed by atoms with Gasteiger partial charge in [-0.3, -0.25) is 0 Å². The van der Waals surface area contributed by atoms with E-state index >= 15 is 0 Å². The molecule has 0 N–H and O–H groups in total. The number of hydrogen-bond acceptors (Lipinski definition) is 2. The number of carbonyl (C=O) groups excluding carboxylic acids is 2. The molecule has 0 aromatic heterocycles. The van der Waals surface area contributed by atoms with Gasteiger partial charge < -0.3 is 9.59 Å². The van der Waals surface area contributed by atoms with Gasteiger partial charge in [-0.1, -0.05) is 12.2 Å². The minimum Gasteiger partial charge on any atom is -0.303 e. The Balaban J connectivity index is 2.10. The standard InChI is InChI=1S/C11H14O2/c12-5-3-10-8-1-2-9(7-8)11(10)4-6-13/h1-2,5-6,8-11H,3-4,7H2. The van der Waals surface area contributed by atoms with Crippen LogP contribution in [0.5, 0.6) is 0 Å². The van der Waals surface area contributed by atoms with Crippen molar-refractivity contribution >= 4 is 12.6 Å². The van der Waals surface area contributed by atoms with Gasteiger partial charge in [-0.25, -0.2) is 0 Å². The van der Waals surface area contributed by atoms with Crippen molar-refractivity contribution < 1.29 is 9.59 Å². The number of rotatable bonds is 4. The van der Waals surface area contributed by atoms with Crippen LogP contribution in [-0.2, 0) is 9.59 Å². The normalized spacial score (nSPS) is 40.9. The van der Waals surface area contributed by atoms with Crippen molar-refractivity contribution in [2.24, 2.45) is 23.7 Å². The summed E-state index contributed by atoms with van der Waals surface area (Å²) in [6.45, 7) is 0. The molecule has 0 saturated heterocycles. The van der Waals surface area contributed by atoms with Crippen molar-refractivity contribution in [2.75, 3.05) is 0 Å². The molecule has 2 rings (SSSR count). The highest BCUT2D eigenvalue weighted by atomic mass is 16.1. The summed E-state index contributed by atoms with van der Waals surface area (Å²) in [5.74, 6) is 2.02. The minimum atomic E-state index is 0.442. The molecule has 4 unspecified atom stereocenters. The summed E-state index contributed by atoms with van der Waals surface area (Å²) in [7, 11) is 0. The molecule has 2 heteroatoms. The van der Waals surface area contributed by atoms with Crippen molar-refractivity contribution in [3.8, 4) is 0 Å². The summed E-state index contributed by atoms with van der Waals surface area (Å²) < 4.78 is 0. The van der Waals surface area contributed by atoms with Crippen molar-refractivity contribution in [1.29, 1.82) is 0 Å². The molecule has 2 nitrogen and oxygen atoms in total. The second-order valence-electron chi connectivity index (χ2n) is 4.08. The summed E-state index contributed by atoms with van der Waals surface area (Å²) in [5.41, 5.74) is 0. The van der Waals surface area contributed by atoms with Crippen molar-refractivity contribution in [2.45, 2.75) is 19.3 Å². The van der Waals surface area contributed by atoms with Crippen molar-refractivity contribution in [3.63, 3.8) is 0 Å². The Morgan fingerprint density at radius 2 is 1.46 bits per heavy atom. The molecule has 0 spiro atoms. The Labute approximate surface area is 78.0 Å². The van der Waals surface area contributed by atoms with E-state index in [0.717, 1.165) is 19.0 Å². The Morgan fingerprint density at radius 1 is 1.00 bits per heavy atom. The first kappa shape index (κ1) is 8.67. The summed E-state index contributed by atoms with van der Waals surface area (Å²) in [5, 5.41) is 0. The molecule has 0 aromatic carbocycles. The van der Waals surface area contributed by atoms with Gasteiger partial charge in [0.2, 0.25) is 0 Å². The lowest BCUT2D eigenvalue weighted by atomic mass is 9.80. The second-order valence-corrected chi connectivity index (χ2v) is 4.08. The molecule has 1 saturated carbocycles. The van der Waals surface area contributed by atoms with Gasteiger partial charge >= 0.3 is 0 Å². The zero-order valence-electron chi connectivity index (χ0n) is 7.56. The molecule has 13 heavy (non-hydrogen) atoms. The van der Waals surface area contributed by atoms with Gasteiger partial charge in [-0.05, 0) is 30.1 Å². The lowest BCUT2D eigenvalue weighted by Crippen LogP contribution is -2.20. The zero-order chi connectivity index (χ0) is 9.26. The third-order valence-corrected chi connectivity index (χ3v) is 3.54. The minimum absolute atomic E-state index is 0.442. The van der Waals surface area contributed by atoms with Gasteiger partial charge in [-0.15, -0.1) is 0 Å². The van der Waals surface area contributed by atoms with Gasteiger partial charge in [0.1, 0.15) is 12.6 Å². The Hall–Kier alpha value is -0.920. The highest BCUT2D eigenvalue weighted by molar-refractivity contribution is 5.53. The fraction of sp³-hybridized carbons (Fsp3) is 0.636. The predicted molar refractivity (Wildman–Crippen MR) is 49.1 cm³/mol. The van der Waals surface area contributed by atoms with E-state index in [4.69, 9.17) is 0 Å². The molecule has 2 bridgehead atoms. The number of carbonyl (C=O) groups is 2. The lowest BCUT2D eigenvalue weighted by molar-refractivity contribution is -0.111. The van der Waals surface area contributed by atoms with Crippen LogP contribution in [0.4, 0.5) is 0 Å². The van der Waals surface area contributed by atoms with Gasteiger partial charge in [0.15, 0.2) is 0 Å². The van der Waals surface area contributed by atoms with E-state index in [0.29, 0.717) is 36.5 Å². The molecule has 0 amide bonds. The smallest absolute Gasteiger partial charge is 0.120 e. The van der Waals surface area contributed by atoms with Gasteiger partial charge in [0.25, 0.3) is 0 Å². The van der Waals surface area contributed by atoms with Gasteiger partial charge in [0.05, 0.1) is 0 Å². The Kier molecular flexibility index (Phi) is 2.30. The lowest BCUT2D eigenvalue weighted by Gasteiger charge is -2.24. The monoisotopic (exact) mass is 178 g/mol. The Morgan fingerprint density at radius 3 is 1.85 bits per heavy atom. The van der Waals surface area contributed by atoms with Crippen LogP contribution in [0.25, 0.3) is 0 Å². The van der Waals surface area contributed by atoms with Gasteiger partial charge in [-0.2, -0.15) is 0 Å². The number of aldehydes is 2. The SMILES string of the molecule is O=CCC1C2C=CC(C2)C1CC=O. The van der Waals surface area contributed by atoms with Crippen LogP contribution in [0.1, 0.15) is 19.3 Å². The first-order chi connectivity index (χ1) is 6.36. The van der Waals surface area contributed by atoms with Crippen LogP contribution < -0.4 is 0 Å². The van der Waals surface area contributed by atoms with Gasteiger partial charge in [0, 0.05) is 12.8 Å². The summed E-state index contributed by atoms with van der Waals surface area (Å²) >= 11 is 0. The van der Waals surface area contributed by atoms with Crippen LogP contribution in [0.2, 0.25) is 0 Å². The molecule has 2 aliphatic carbocycles. The highest BCUT2D eigenvalue weighted by Gasteiger charge is 2.43.